The standard InChI is InChI=1S/C15H19N3O2S/c1-15(7-8-15)21(19,20)17-9-6-13(11-17)18-14-5-3-2-4-12(14)10-16-18/h2-5,10,13H,6-9,11H2,1H3. The van der Waals surface area contributed by atoms with Gasteiger partial charge in [-0.3, -0.25) is 4.68 Å². The molecule has 1 atom stereocenters. The van der Waals surface area contributed by atoms with E-state index in [9.17, 15) is 8.42 Å². The number of sulfonamides is 1. The number of hydrogen-bond acceptors (Lipinski definition) is 3. The normalized spacial score (nSPS) is 25.5. The molecule has 112 valence electrons. The summed E-state index contributed by atoms with van der Waals surface area (Å²) in [5.74, 6) is 0. The number of rotatable bonds is 3. The molecule has 0 spiro atoms. The zero-order chi connectivity index (χ0) is 14.7. The molecule has 0 amide bonds. The smallest absolute Gasteiger partial charge is 0.219 e. The lowest BCUT2D eigenvalue weighted by Gasteiger charge is -2.21. The van der Waals surface area contributed by atoms with Crippen LogP contribution >= 0.6 is 0 Å². The average molecular weight is 305 g/mol. The Kier molecular flexibility index (Phi) is 2.72. The Balaban J connectivity index is 1.62. The second-order valence-corrected chi connectivity index (χ2v) is 8.86. The summed E-state index contributed by atoms with van der Waals surface area (Å²) in [5, 5.41) is 5.57. The highest BCUT2D eigenvalue weighted by molar-refractivity contribution is 7.90. The van der Waals surface area contributed by atoms with Crippen LogP contribution in [0.2, 0.25) is 0 Å². The first-order valence-corrected chi connectivity index (χ1v) is 8.87. The zero-order valence-corrected chi connectivity index (χ0v) is 12.9. The molecule has 2 fully saturated rings. The Morgan fingerprint density at radius 2 is 2.05 bits per heavy atom. The molecule has 5 nitrogen and oxygen atoms in total. The number of fused-ring (bicyclic) bond motifs is 1. The lowest BCUT2D eigenvalue weighted by atomic mass is 10.2. The van der Waals surface area contributed by atoms with Crippen LogP contribution in [0.25, 0.3) is 10.9 Å². The minimum absolute atomic E-state index is 0.141. The van der Waals surface area contributed by atoms with Gasteiger partial charge in [-0.05, 0) is 32.3 Å². The van der Waals surface area contributed by atoms with E-state index in [1.807, 2.05) is 42.1 Å². The van der Waals surface area contributed by atoms with Crippen LogP contribution in [-0.4, -0.2) is 40.3 Å². The molecule has 0 radical (unpaired) electrons. The van der Waals surface area contributed by atoms with E-state index >= 15 is 0 Å². The Morgan fingerprint density at radius 3 is 2.81 bits per heavy atom. The van der Waals surface area contributed by atoms with Gasteiger partial charge in [-0.25, -0.2) is 8.42 Å². The molecule has 21 heavy (non-hydrogen) atoms. The van der Waals surface area contributed by atoms with E-state index < -0.39 is 14.8 Å². The van der Waals surface area contributed by atoms with Crippen molar-refractivity contribution >= 4 is 20.9 Å². The van der Waals surface area contributed by atoms with Crippen LogP contribution in [0.3, 0.4) is 0 Å². The molecule has 4 rings (SSSR count). The van der Waals surface area contributed by atoms with Crippen molar-refractivity contribution in [3.05, 3.63) is 30.5 Å². The van der Waals surface area contributed by atoms with Gasteiger partial charge >= 0.3 is 0 Å². The van der Waals surface area contributed by atoms with E-state index in [1.165, 1.54) is 0 Å². The fraction of sp³-hybridized carbons (Fsp3) is 0.533. The summed E-state index contributed by atoms with van der Waals surface area (Å²) in [6.45, 7) is 3.01. The molecule has 1 aromatic carbocycles. The zero-order valence-electron chi connectivity index (χ0n) is 12.1. The lowest BCUT2D eigenvalue weighted by Crippen LogP contribution is -2.37. The number of benzene rings is 1. The molecule has 1 aliphatic heterocycles. The molecule has 2 aromatic rings. The van der Waals surface area contributed by atoms with Gasteiger partial charge in [0, 0.05) is 18.5 Å². The van der Waals surface area contributed by atoms with Gasteiger partial charge in [-0.2, -0.15) is 9.40 Å². The lowest BCUT2D eigenvalue weighted by molar-refractivity contribution is 0.433. The molecule has 1 aliphatic carbocycles. The maximum absolute atomic E-state index is 12.6. The van der Waals surface area contributed by atoms with Gasteiger partial charge in [-0.1, -0.05) is 18.2 Å². The molecule has 2 heterocycles. The molecule has 1 unspecified atom stereocenters. The predicted octanol–water partition coefficient (Wildman–Crippen LogP) is 2.17. The van der Waals surface area contributed by atoms with Crippen molar-refractivity contribution in [1.82, 2.24) is 14.1 Å². The highest BCUT2D eigenvalue weighted by Crippen LogP contribution is 2.46. The number of hydrogen-bond donors (Lipinski definition) is 0. The van der Waals surface area contributed by atoms with Gasteiger partial charge in [0.05, 0.1) is 22.5 Å². The first-order valence-electron chi connectivity index (χ1n) is 7.43. The van der Waals surface area contributed by atoms with Crippen LogP contribution in [-0.2, 0) is 10.0 Å². The second-order valence-electron chi connectivity index (χ2n) is 6.40. The Labute approximate surface area is 124 Å². The third-order valence-corrected chi connectivity index (χ3v) is 7.56. The molecular weight excluding hydrogens is 286 g/mol. The Bertz CT molecular complexity index is 792. The largest absolute Gasteiger partial charge is 0.260 e. The van der Waals surface area contributed by atoms with Gasteiger partial charge in [-0.15, -0.1) is 0 Å². The molecule has 0 N–H and O–H groups in total. The highest BCUT2D eigenvalue weighted by Gasteiger charge is 2.53. The average Bonchev–Trinajstić information content (AvgIpc) is 2.94. The van der Waals surface area contributed by atoms with E-state index in [1.54, 1.807) is 4.31 Å². The molecule has 1 saturated carbocycles. The van der Waals surface area contributed by atoms with Crippen molar-refractivity contribution in [3.8, 4) is 0 Å². The van der Waals surface area contributed by atoms with Crippen LogP contribution in [0.15, 0.2) is 30.5 Å². The first kappa shape index (κ1) is 13.3. The monoisotopic (exact) mass is 305 g/mol. The summed E-state index contributed by atoms with van der Waals surface area (Å²) in [7, 11) is -3.15. The Hall–Kier alpha value is -1.40. The predicted molar refractivity (Wildman–Crippen MR) is 81.5 cm³/mol. The summed E-state index contributed by atoms with van der Waals surface area (Å²) in [4.78, 5) is 0. The van der Waals surface area contributed by atoms with Gasteiger partial charge < -0.3 is 0 Å². The molecule has 2 aliphatic rings. The maximum atomic E-state index is 12.6. The van der Waals surface area contributed by atoms with E-state index in [0.29, 0.717) is 13.1 Å². The molecular formula is C15H19N3O2S. The van der Waals surface area contributed by atoms with E-state index in [2.05, 4.69) is 5.10 Å². The van der Waals surface area contributed by atoms with E-state index in [-0.39, 0.29) is 6.04 Å². The summed E-state index contributed by atoms with van der Waals surface area (Å²) < 4.78 is 28.3. The molecule has 1 aromatic heterocycles. The van der Waals surface area contributed by atoms with Crippen LogP contribution in [0, 0.1) is 0 Å². The van der Waals surface area contributed by atoms with E-state index in [0.717, 1.165) is 30.2 Å². The first-order chi connectivity index (χ1) is 10.0. The van der Waals surface area contributed by atoms with Gasteiger partial charge in [0.25, 0.3) is 0 Å². The molecule has 0 bridgehead atoms. The quantitative estimate of drug-likeness (QED) is 0.873. The van der Waals surface area contributed by atoms with Crippen LogP contribution in [0.1, 0.15) is 32.2 Å². The van der Waals surface area contributed by atoms with Crippen molar-refractivity contribution in [2.24, 2.45) is 0 Å². The van der Waals surface area contributed by atoms with E-state index in [4.69, 9.17) is 0 Å². The summed E-state index contributed by atoms with van der Waals surface area (Å²) in [5.41, 5.74) is 1.08. The highest BCUT2D eigenvalue weighted by atomic mass is 32.2. The maximum Gasteiger partial charge on any atom is 0.219 e. The van der Waals surface area contributed by atoms with Gasteiger partial charge in [0.1, 0.15) is 0 Å². The minimum Gasteiger partial charge on any atom is -0.260 e. The van der Waals surface area contributed by atoms with Crippen LogP contribution in [0.5, 0.6) is 0 Å². The summed E-state index contributed by atoms with van der Waals surface area (Å²) >= 11 is 0. The third kappa shape index (κ3) is 1.92. The number of nitrogens with zero attached hydrogens (tertiary/aromatic N) is 3. The minimum atomic E-state index is -3.15. The van der Waals surface area contributed by atoms with Gasteiger partial charge in [0.2, 0.25) is 10.0 Å². The van der Waals surface area contributed by atoms with Crippen molar-refractivity contribution in [2.45, 2.75) is 37.0 Å². The molecule has 6 heteroatoms. The fourth-order valence-electron chi connectivity index (χ4n) is 3.16. The van der Waals surface area contributed by atoms with Crippen molar-refractivity contribution in [1.29, 1.82) is 0 Å². The summed E-state index contributed by atoms with van der Waals surface area (Å²) in [6.07, 6.45) is 4.28. The molecule has 1 saturated heterocycles. The van der Waals surface area contributed by atoms with Crippen molar-refractivity contribution in [2.75, 3.05) is 13.1 Å². The number of aromatic nitrogens is 2. The van der Waals surface area contributed by atoms with Crippen LogP contribution in [0.4, 0.5) is 0 Å². The SMILES string of the molecule is CC1(S(=O)(=O)N2CCC(n3ncc4ccccc43)C2)CC1. The second kappa shape index (κ2) is 4.30. The van der Waals surface area contributed by atoms with Crippen molar-refractivity contribution < 1.29 is 8.42 Å². The fourth-order valence-corrected chi connectivity index (χ4v) is 5.11. The van der Waals surface area contributed by atoms with Crippen LogP contribution < -0.4 is 0 Å². The topological polar surface area (TPSA) is 55.2 Å². The van der Waals surface area contributed by atoms with Gasteiger partial charge in [0.15, 0.2) is 0 Å². The number of para-hydroxylation sites is 1. The van der Waals surface area contributed by atoms with Crippen molar-refractivity contribution in [3.63, 3.8) is 0 Å². The third-order valence-electron chi connectivity index (χ3n) is 4.89. The summed E-state index contributed by atoms with van der Waals surface area (Å²) in [6, 6.07) is 8.21. The Morgan fingerprint density at radius 1 is 1.29 bits per heavy atom.